The number of rotatable bonds is 4. The van der Waals surface area contributed by atoms with Gasteiger partial charge in [-0.3, -0.25) is 4.68 Å². The van der Waals surface area contributed by atoms with Crippen molar-refractivity contribution in [1.29, 1.82) is 0 Å². The van der Waals surface area contributed by atoms with E-state index >= 15 is 0 Å². The molecule has 0 fully saturated rings. The normalized spacial score (nSPS) is 13.2. The monoisotopic (exact) mass is 328 g/mol. The smallest absolute Gasteiger partial charge is 0.0938 e. The average Bonchev–Trinajstić information content (AvgIpc) is 2.87. The molecule has 1 unspecified atom stereocenters. The Hall–Kier alpha value is -0.650. The lowest BCUT2D eigenvalue weighted by molar-refractivity contribution is 0.180. The van der Waals surface area contributed by atoms with Crippen molar-refractivity contribution in [3.05, 3.63) is 38.3 Å². The van der Waals surface area contributed by atoms with Crippen LogP contribution < -0.4 is 0 Å². The van der Waals surface area contributed by atoms with Crippen molar-refractivity contribution in [3.63, 3.8) is 0 Å². The Morgan fingerprint density at radius 2 is 2.22 bits per heavy atom. The summed E-state index contributed by atoms with van der Waals surface area (Å²) in [5, 5.41) is 14.7. The van der Waals surface area contributed by atoms with E-state index in [9.17, 15) is 5.11 Å². The van der Waals surface area contributed by atoms with Crippen LogP contribution in [0.5, 0.6) is 0 Å². The molecule has 2 aromatic rings. The van der Waals surface area contributed by atoms with Crippen molar-refractivity contribution >= 4 is 27.3 Å². The second kappa shape index (κ2) is 5.55. The maximum absolute atomic E-state index is 10.2. The summed E-state index contributed by atoms with van der Waals surface area (Å²) < 4.78 is 2.98. The van der Waals surface area contributed by atoms with E-state index in [0.29, 0.717) is 12.5 Å². The van der Waals surface area contributed by atoms with Gasteiger partial charge in [-0.05, 0) is 48.8 Å². The molecule has 0 aliphatic heterocycles. The predicted molar refractivity (Wildman–Crippen MR) is 78.0 cm³/mol. The van der Waals surface area contributed by atoms with E-state index in [-0.39, 0.29) is 0 Å². The molecule has 0 aliphatic carbocycles. The fourth-order valence-corrected chi connectivity index (χ4v) is 3.27. The third-order valence-electron chi connectivity index (χ3n) is 2.80. The minimum atomic E-state index is -0.476. The van der Waals surface area contributed by atoms with E-state index in [1.807, 2.05) is 29.9 Å². The molecule has 2 rings (SSSR count). The van der Waals surface area contributed by atoms with Crippen LogP contribution in [0, 0.1) is 6.92 Å². The first kappa shape index (κ1) is 13.8. The summed E-state index contributed by atoms with van der Waals surface area (Å²) in [4.78, 5) is 2.18. The van der Waals surface area contributed by atoms with Crippen LogP contribution in [0.25, 0.3) is 0 Å². The molecule has 0 spiro atoms. The molecule has 0 aliphatic rings. The average molecular weight is 329 g/mol. The maximum atomic E-state index is 10.2. The lowest BCUT2D eigenvalue weighted by atomic mass is 10.2. The fraction of sp³-hybridized carbons (Fsp3) is 0.462. The van der Waals surface area contributed by atoms with Gasteiger partial charge in [-0.15, -0.1) is 11.3 Å². The van der Waals surface area contributed by atoms with Crippen molar-refractivity contribution in [3.8, 4) is 0 Å². The highest BCUT2D eigenvalue weighted by atomic mass is 79.9. The molecule has 2 heterocycles. The van der Waals surface area contributed by atoms with Crippen LogP contribution in [0.4, 0.5) is 0 Å². The number of aliphatic hydroxyl groups is 1. The first-order valence-electron chi connectivity index (χ1n) is 5.95. The summed E-state index contributed by atoms with van der Waals surface area (Å²) >= 11 is 5.10. The molecule has 0 radical (unpaired) electrons. The van der Waals surface area contributed by atoms with Gasteiger partial charge in [0.1, 0.15) is 0 Å². The van der Waals surface area contributed by atoms with Crippen molar-refractivity contribution in [2.75, 3.05) is 0 Å². The van der Waals surface area contributed by atoms with Crippen molar-refractivity contribution in [2.45, 2.75) is 39.3 Å². The Morgan fingerprint density at radius 3 is 2.72 bits per heavy atom. The van der Waals surface area contributed by atoms with E-state index < -0.39 is 6.10 Å². The molecule has 98 valence electrons. The molecular formula is C13H17BrN2OS. The van der Waals surface area contributed by atoms with Crippen LogP contribution in [0.1, 0.15) is 41.4 Å². The number of nitrogens with zero attached hydrogens (tertiary/aromatic N) is 2. The van der Waals surface area contributed by atoms with E-state index in [1.54, 1.807) is 11.3 Å². The predicted octanol–water partition coefficient (Wildman–Crippen LogP) is 3.87. The van der Waals surface area contributed by atoms with Crippen LogP contribution in [0.15, 0.2) is 22.8 Å². The number of aromatic nitrogens is 2. The molecule has 0 amide bonds. The first-order chi connectivity index (χ1) is 8.47. The number of hydrogen-bond acceptors (Lipinski definition) is 3. The second-order valence-corrected chi connectivity index (χ2v) is 6.80. The van der Waals surface area contributed by atoms with E-state index in [0.717, 1.165) is 15.0 Å². The molecule has 5 heteroatoms. The highest BCUT2D eigenvalue weighted by molar-refractivity contribution is 9.10. The molecule has 0 bridgehead atoms. The van der Waals surface area contributed by atoms with Crippen LogP contribution in [-0.2, 0) is 6.42 Å². The lowest BCUT2D eigenvalue weighted by Crippen LogP contribution is -2.04. The summed E-state index contributed by atoms with van der Waals surface area (Å²) in [5.74, 6) is 0. The topological polar surface area (TPSA) is 38.0 Å². The number of halogens is 1. The summed E-state index contributed by atoms with van der Waals surface area (Å²) in [7, 11) is 0. The van der Waals surface area contributed by atoms with Gasteiger partial charge in [0.2, 0.25) is 0 Å². The van der Waals surface area contributed by atoms with Gasteiger partial charge in [0.05, 0.1) is 11.8 Å². The number of aliphatic hydroxyl groups excluding tert-OH is 1. The lowest BCUT2D eigenvalue weighted by Gasteiger charge is -2.07. The van der Waals surface area contributed by atoms with Crippen LogP contribution in [0.2, 0.25) is 0 Å². The van der Waals surface area contributed by atoms with Gasteiger partial charge in [0, 0.05) is 32.9 Å². The standard InChI is InChI=1S/C13H17BrN2OS/c1-8(2)16-5-4-10(15-16)6-12(17)13-7-11(14)9(3)18-13/h4-5,7-8,12,17H,6H2,1-3H3. The Balaban J connectivity index is 2.08. The number of hydrogen-bond donors (Lipinski definition) is 1. The largest absolute Gasteiger partial charge is 0.387 e. The SMILES string of the molecule is Cc1sc(C(O)Cc2ccn(C(C)C)n2)cc1Br. The summed E-state index contributed by atoms with van der Waals surface area (Å²) in [6.07, 6.45) is 2.05. The Labute approximate surface area is 120 Å². The summed E-state index contributed by atoms with van der Waals surface area (Å²) in [5.41, 5.74) is 0.929. The molecule has 0 aromatic carbocycles. The van der Waals surface area contributed by atoms with Crippen molar-refractivity contribution < 1.29 is 5.11 Å². The second-order valence-electron chi connectivity index (χ2n) is 4.65. The third kappa shape index (κ3) is 3.02. The van der Waals surface area contributed by atoms with E-state index in [4.69, 9.17) is 0 Å². The van der Waals surface area contributed by atoms with Gasteiger partial charge in [-0.2, -0.15) is 5.10 Å². The van der Waals surface area contributed by atoms with Gasteiger partial charge in [0.15, 0.2) is 0 Å². The molecule has 0 saturated carbocycles. The molecule has 18 heavy (non-hydrogen) atoms. The van der Waals surface area contributed by atoms with Crippen molar-refractivity contribution in [1.82, 2.24) is 9.78 Å². The van der Waals surface area contributed by atoms with E-state index in [2.05, 4.69) is 34.9 Å². The highest BCUT2D eigenvalue weighted by Gasteiger charge is 2.14. The molecule has 1 N–H and O–H groups in total. The Morgan fingerprint density at radius 1 is 1.50 bits per heavy atom. The zero-order chi connectivity index (χ0) is 13.3. The molecular weight excluding hydrogens is 312 g/mol. The van der Waals surface area contributed by atoms with Crippen LogP contribution in [-0.4, -0.2) is 14.9 Å². The zero-order valence-corrected chi connectivity index (χ0v) is 13.1. The van der Waals surface area contributed by atoms with Gasteiger partial charge in [-0.25, -0.2) is 0 Å². The van der Waals surface area contributed by atoms with Crippen LogP contribution in [0.3, 0.4) is 0 Å². The quantitative estimate of drug-likeness (QED) is 0.925. The van der Waals surface area contributed by atoms with Crippen molar-refractivity contribution in [2.24, 2.45) is 0 Å². The number of thiophene rings is 1. The van der Waals surface area contributed by atoms with E-state index in [1.165, 1.54) is 4.88 Å². The van der Waals surface area contributed by atoms with Gasteiger partial charge in [-0.1, -0.05) is 0 Å². The molecule has 2 aromatic heterocycles. The number of aryl methyl sites for hydroxylation is 1. The molecule has 1 atom stereocenters. The minimum absolute atomic E-state index is 0.356. The Bertz CT molecular complexity index is 513. The minimum Gasteiger partial charge on any atom is -0.387 e. The third-order valence-corrected chi connectivity index (χ3v) is 5.04. The zero-order valence-electron chi connectivity index (χ0n) is 10.7. The molecule has 3 nitrogen and oxygen atoms in total. The summed E-state index contributed by atoms with van der Waals surface area (Å²) in [6.45, 7) is 6.22. The maximum Gasteiger partial charge on any atom is 0.0938 e. The van der Waals surface area contributed by atoms with Crippen LogP contribution >= 0.6 is 27.3 Å². The van der Waals surface area contributed by atoms with Gasteiger partial charge in [0.25, 0.3) is 0 Å². The van der Waals surface area contributed by atoms with Gasteiger partial charge >= 0.3 is 0 Å². The van der Waals surface area contributed by atoms with Gasteiger partial charge < -0.3 is 5.11 Å². The Kier molecular flexibility index (Phi) is 4.25. The highest BCUT2D eigenvalue weighted by Crippen LogP contribution is 2.31. The fourth-order valence-electron chi connectivity index (χ4n) is 1.72. The first-order valence-corrected chi connectivity index (χ1v) is 7.56. The summed E-state index contributed by atoms with van der Waals surface area (Å²) in [6, 6.07) is 4.32. The molecule has 0 saturated heterocycles.